The molecule has 1 unspecified atom stereocenters. The third kappa shape index (κ3) is 4.26. The molecule has 53 valence electrons. The molecule has 9 heavy (non-hydrogen) atoms. The molecule has 0 saturated heterocycles. The zero-order chi connectivity index (χ0) is 7.11. The molecule has 0 aliphatic heterocycles. The predicted molar refractivity (Wildman–Crippen MR) is 42.2 cm³/mol. The van der Waals surface area contributed by atoms with Crippen LogP contribution >= 0.6 is 0 Å². The first-order chi connectivity index (χ1) is 4.35. The van der Waals surface area contributed by atoms with Gasteiger partial charge in [0, 0.05) is 0 Å². The second-order valence-corrected chi connectivity index (χ2v) is 2.53. The quantitative estimate of drug-likeness (QED) is 0.529. The highest BCUT2D eigenvalue weighted by Gasteiger charge is 2.00. The molecule has 0 saturated carbocycles. The molecule has 0 spiro atoms. The topological polar surface area (TPSA) is 0 Å². The Balaban J connectivity index is 3.28. The van der Waals surface area contributed by atoms with E-state index in [4.69, 9.17) is 6.58 Å². The number of hydrogen-bond donors (Lipinski definition) is 0. The van der Waals surface area contributed by atoms with Crippen molar-refractivity contribution >= 4 is 0 Å². The number of allylic oxidation sites excluding steroid dienone is 1. The van der Waals surface area contributed by atoms with E-state index < -0.39 is 0 Å². The molecular weight excluding hydrogens is 108 g/mol. The minimum absolute atomic E-state index is 0.833. The summed E-state index contributed by atoms with van der Waals surface area (Å²) in [5.74, 6) is 0.833. The van der Waals surface area contributed by atoms with Crippen LogP contribution in [-0.2, 0) is 0 Å². The predicted octanol–water partition coefficient (Wildman–Crippen LogP) is 3.19. The van der Waals surface area contributed by atoms with Crippen molar-refractivity contribution < 1.29 is 0 Å². The van der Waals surface area contributed by atoms with Gasteiger partial charge >= 0.3 is 0 Å². The van der Waals surface area contributed by atoms with E-state index in [-0.39, 0.29) is 0 Å². The number of hydrogen-bond acceptors (Lipinski definition) is 0. The molecule has 0 nitrogen and oxygen atoms in total. The molecule has 0 rings (SSSR count). The first-order valence-corrected chi connectivity index (χ1v) is 3.88. The Hall–Kier alpha value is -0.260. The van der Waals surface area contributed by atoms with E-state index in [1.165, 1.54) is 19.3 Å². The molecule has 0 aromatic rings. The van der Waals surface area contributed by atoms with Crippen LogP contribution in [0, 0.1) is 12.5 Å². The molecule has 0 heterocycles. The van der Waals surface area contributed by atoms with Crippen molar-refractivity contribution in [2.75, 3.05) is 0 Å². The molecule has 0 aliphatic carbocycles. The summed E-state index contributed by atoms with van der Waals surface area (Å²) in [5, 5.41) is 0. The average Bonchev–Trinajstić information content (AvgIpc) is 1.88. The van der Waals surface area contributed by atoms with Crippen molar-refractivity contribution in [3.63, 3.8) is 0 Å². The Morgan fingerprint density at radius 3 is 2.44 bits per heavy atom. The summed E-state index contributed by atoms with van der Waals surface area (Å²) in [6, 6.07) is 0. The lowest BCUT2D eigenvalue weighted by molar-refractivity contribution is 0.470. The van der Waals surface area contributed by atoms with E-state index in [1.807, 2.05) is 0 Å². The maximum absolute atomic E-state index is 5.31. The standard InChI is InChI=1S/C9H17/c1-4-7-9(6-3)8-5-2/h1,4,9H,5-8H2,2-3H3. The van der Waals surface area contributed by atoms with Gasteiger partial charge in [0.1, 0.15) is 0 Å². The molecule has 1 radical (unpaired) electrons. The second-order valence-electron chi connectivity index (χ2n) is 2.53. The fourth-order valence-corrected chi connectivity index (χ4v) is 1.09. The largest absolute Gasteiger partial charge is 0.0843 e. The van der Waals surface area contributed by atoms with E-state index in [2.05, 4.69) is 13.8 Å². The number of rotatable bonds is 5. The highest BCUT2D eigenvalue weighted by atomic mass is 14.1. The van der Waals surface area contributed by atoms with Gasteiger partial charge < -0.3 is 0 Å². The van der Waals surface area contributed by atoms with E-state index in [1.54, 1.807) is 6.08 Å². The molecule has 0 bridgehead atoms. The fraction of sp³-hybridized carbons (Fsp3) is 0.778. The van der Waals surface area contributed by atoms with Gasteiger partial charge in [-0.2, -0.15) is 0 Å². The Morgan fingerprint density at radius 2 is 2.11 bits per heavy atom. The highest BCUT2D eigenvalue weighted by Crippen LogP contribution is 2.14. The molecule has 0 fully saturated rings. The zero-order valence-corrected chi connectivity index (χ0v) is 6.56. The maximum atomic E-state index is 5.31. The van der Waals surface area contributed by atoms with Gasteiger partial charge in [-0.3, -0.25) is 0 Å². The normalized spacial score (nSPS) is 13.1. The molecule has 0 aromatic heterocycles. The Kier molecular flexibility index (Phi) is 5.70. The zero-order valence-electron chi connectivity index (χ0n) is 6.56. The van der Waals surface area contributed by atoms with Crippen molar-refractivity contribution in [2.24, 2.45) is 5.92 Å². The SMILES string of the molecule is [CH]=CCC(CC)CCC. The molecule has 0 heteroatoms. The van der Waals surface area contributed by atoms with Crippen LogP contribution in [0.25, 0.3) is 0 Å². The summed E-state index contributed by atoms with van der Waals surface area (Å²) in [6.45, 7) is 9.76. The summed E-state index contributed by atoms with van der Waals surface area (Å²) in [5.41, 5.74) is 0. The van der Waals surface area contributed by atoms with Crippen molar-refractivity contribution in [1.82, 2.24) is 0 Å². The Bertz CT molecular complexity index is 64.4. The maximum Gasteiger partial charge on any atom is -0.0319 e. The summed E-state index contributed by atoms with van der Waals surface area (Å²) >= 11 is 0. The molecular formula is C9H17. The summed E-state index contributed by atoms with van der Waals surface area (Å²) in [6.07, 6.45) is 6.74. The van der Waals surface area contributed by atoms with E-state index in [0.29, 0.717) is 0 Å². The van der Waals surface area contributed by atoms with Crippen molar-refractivity contribution in [2.45, 2.75) is 39.5 Å². The highest BCUT2D eigenvalue weighted by molar-refractivity contribution is 4.69. The van der Waals surface area contributed by atoms with E-state index >= 15 is 0 Å². The van der Waals surface area contributed by atoms with Gasteiger partial charge in [-0.15, -0.1) is 0 Å². The van der Waals surface area contributed by atoms with Gasteiger partial charge in [0.15, 0.2) is 0 Å². The first-order valence-electron chi connectivity index (χ1n) is 3.88. The minimum Gasteiger partial charge on any atom is -0.0843 e. The van der Waals surface area contributed by atoms with Gasteiger partial charge in [-0.1, -0.05) is 45.8 Å². The lowest BCUT2D eigenvalue weighted by Gasteiger charge is -2.08. The Labute approximate surface area is 59.0 Å². The monoisotopic (exact) mass is 125 g/mol. The first kappa shape index (κ1) is 8.74. The van der Waals surface area contributed by atoms with Gasteiger partial charge in [0.2, 0.25) is 0 Å². The van der Waals surface area contributed by atoms with Crippen LogP contribution in [0.3, 0.4) is 0 Å². The molecule has 0 aromatic carbocycles. The summed E-state index contributed by atoms with van der Waals surface area (Å²) in [4.78, 5) is 0. The smallest absolute Gasteiger partial charge is 0.0319 e. The molecule has 0 N–H and O–H groups in total. The van der Waals surface area contributed by atoms with Crippen LogP contribution in [-0.4, -0.2) is 0 Å². The van der Waals surface area contributed by atoms with Gasteiger partial charge in [-0.05, 0) is 12.3 Å². The van der Waals surface area contributed by atoms with E-state index in [0.717, 1.165) is 12.3 Å². The molecule has 0 aliphatic rings. The third-order valence-corrected chi connectivity index (χ3v) is 1.74. The van der Waals surface area contributed by atoms with Crippen molar-refractivity contribution in [1.29, 1.82) is 0 Å². The van der Waals surface area contributed by atoms with Crippen molar-refractivity contribution in [3.8, 4) is 0 Å². The summed E-state index contributed by atoms with van der Waals surface area (Å²) < 4.78 is 0. The molecule has 0 amide bonds. The van der Waals surface area contributed by atoms with Crippen LogP contribution in [0.1, 0.15) is 39.5 Å². The summed E-state index contributed by atoms with van der Waals surface area (Å²) in [7, 11) is 0. The lowest BCUT2D eigenvalue weighted by atomic mass is 9.97. The van der Waals surface area contributed by atoms with Crippen LogP contribution in [0.2, 0.25) is 0 Å². The second kappa shape index (κ2) is 5.87. The van der Waals surface area contributed by atoms with Crippen LogP contribution in [0.4, 0.5) is 0 Å². The van der Waals surface area contributed by atoms with Gasteiger partial charge in [0.25, 0.3) is 0 Å². The molecule has 1 atom stereocenters. The van der Waals surface area contributed by atoms with Gasteiger partial charge in [-0.25, -0.2) is 0 Å². The third-order valence-electron chi connectivity index (χ3n) is 1.74. The lowest BCUT2D eigenvalue weighted by Crippen LogP contribution is -1.94. The van der Waals surface area contributed by atoms with Crippen LogP contribution in [0.15, 0.2) is 6.08 Å². The Morgan fingerprint density at radius 1 is 1.44 bits per heavy atom. The van der Waals surface area contributed by atoms with E-state index in [9.17, 15) is 0 Å². The van der Waals surface area contributed by atoms with Gasteiger partial charge in [0.05, 0.1) is 0 Å². The fourth-order valence-electron chi connectivity index (χ4n) is 1.09. The van der Waals surface area contributed by atoms with Crippen LogP contribution in [0.5, 0.6) is 0 Å². The van der Waals surface area contributed by atoms with Crippen LogP contribution < -0.4 is 0 Å². The minimum atomic E-state index is 0.833. The van der Waals surface area contributed by atoms with Crippen molar-refractivity contribution in [3.05, 3.63) is 12.7 Å². The average molecular weight is 125 g/mol.